The van der Waals surface area contributed by atoms with E-state index >= 15 is 0 Å². The standard InChI is InChI=1S/C20H26ClN3O2S/c1-20(2,22-27(25,26)19-10-8-17(21)9-11-19)16-23-12-14-24(15-13-23)18-6-4-3-5-7-18/h3-11,22H,12-16H2,1-2H3. The van der Waals surface area contributed by atoms with Crippen molar-refractivity contribution in [1.29, 1.82) is 0 Å². The van der Waals surface area contributed by atoms with Crippen molar-refractivity contribution in [3.05, 3.63) is 59.6 Å². The summed E-state index contributed by atoms with van der Waals surface area (Å²) in [7, 11) is -3.58. The predicted octanol–water partition coefficient (Wildman–Crippen LogP) is 3.22. The predicted molar refractivity (Wildman–Crippen MR) is 111 cm³/mol. The van der Waals surface area contributed by atoms with Gasteiger partial charge in [0, 0.05) is 49.0 Å². The van der Waals surface area contributed by atoms with Gasteiger partial charge in [0.15, 0.2) is 0 Å². The molecule has 0 saturated carbocycles. The Balaban J connectivity index is 1.58. The number of hydrogen-bond acceptors (Lipinski definition) is 4. The Morgan fingerprint density at radius 1 is 0.963 bits per heavy atom. The van der Waals surface area contributed by atoms with E-state index in [1.165, 1.54) is 17.8 Å². The van der Waals surface area contributed by atoms with E-state index < -0.39 is 15.6 Å². The molecule has 27 heavy (non-hydrogen) atoms. The fourth-order valence-electron chi connectivity index (χ4n) is 3.43. The van der Waals surface area contributed by atoms with E-state index in [1.54, 1.807) is 12.1 Å². The highest BCUT2D eigenvalue weighted by Gasteiger charge is 2.29. The summed E-state index contributed by atoms with van der Waals surface area (Å²) in [6, 6.07) is 16.6. The lowest BCUT2D eigenvalue weighted by Crippen LogP contribution is -2.55. The van der Waals surface area contributed by atoms with Gasteiger partial charge >= 0.3 is 0 Å². The Hall–Kier alpha value is -1.60. The second-order valence-corrected chi connectivity index (χ2v) is 9.66. The molecule has 0 radical (unpaired) electrons. The molecule has 7 heteroatoms. The summed E-state index contributed by atoms with van der Waals surface area (Å²) in [4.78, 5) is 4.90. The van der Waals surface area contributed by atoms with E-state index in [4.69, 9.17) is 11.6 Å². The summed E-state index contributed by atoms with van der Waals surface area (Å²) < 4.78 is 28.1. The van der Waals surface area contributed by atoms with E-state index in [0.29, 0.717) is 11.6 Å². The van der Waals surface area contributed by atoms with Gasteiger partial charge in [0.2, 0.25) is 10.0 Å². The first-order chi connectivity index (χ1) is 12.8. The van der Waals surface area contributed by atoms with Crippen LogP contribution in [0.2, 0.25) is 5.02 Å². The van der Waals surface area contributed by atoms with Crippen molar-refractivity contribution in [2.24, 2.45) is 0 Å². The molecule has 0 unspecified atom stereocenters. The Morgan fingerprint density at radius 3 is 2.15 bits per heavy atom. The smallest absolute Gasteiger partial charge is 0.241 e. The van der Waals surface area contributed by atoms with Crippen LogP contribution in [0.1, 0.15) is 13.8 Å². The molecule has 0 aliphatic carbocycles. The van der Waals surface area contributed by atoms with Crippen LogP contribution in [0.5, 0.6) is 0 Å². The van der Waals surface area contributed by atoms with Gasteiger partial charge in [0.1, 0.15) is 0 Å². The third kappa shape index (κ3) is 5.45. The Kier molecular flexibility index (Phi) is 6.11. The maximum absolute atomic E-state index is 12.7. The van der Waals surface area contributed by atoms with E-state index in [1.807, 2.05) is 19.9 Å². The topological polar surface area (TPSA) is 52.6 Å². The number of para-hydroxylation sites is 1. The van der Waals surface area contributed by atoms with Gasteiger partial charge in [-0.1, -0.05) is 29.8 Å². The molecule has 0 amide bonds. The number of piperazine rings is 1. The van der Waals surface area contributed by atoms with Crippen molar-refractivity contribution in [3.63, 3.8) is 0 Å². The zero-order valence-electron chi connectivity index (χ0n) is 15.7. The number of anilines is 1. The molecule has 1 fully saturated rings. The second-order valence-electron chi connectivity index (χ2n) is 7.54. The summed E-state index contributed by atoms with van der Waals surface area (Å²) >= 11 is 5.85. The minimum absolute atomic E-state index is 0.230. The van der Waals surface area contributed by atoms with Gasteiger partial charge in [-0.2, -0.15) is 0 Å². The van der Waals surface area contributed by atoms with Gasteiger partial charge < -0.3 is 4.90 Å². The molecular weight excluding hydrogens is 382 g/mol. The highest BCUT2D eigenvalue weighted by Crippen LogP contribution is 2.19. The fraction of sp³-hybridized carbons (Fsp3) is 0.400. The van der Waals surface area contributed by atoms with Crippen LogP contribution in [0.4, 0.5) is 5.69 Å². The molecule has 1 N–H and O–H groups in total. The van der Waals surface area contributed by atoms with Gasteiger partial charge in [-0.05, 0) is 50.2 Å². The first kappa shape index (κ1) is 20.1. The molecule has 1 aliphatic rings. The average Bonchev–Trinajstić information content (AvgIpc) is 2.62. The van der Waals surface area contributed by atoms with E-state index in [-0.39, 0.29) is 4.90 Å². The van der Waals surface area contributed by atoms with Gasteiger partial charge in [0.25, 0.3) is 0 Å². The minimum atomic E-state index is -3.58. The number of nitrogens with one attached hydrogen (secondary N) is 1. The lowest BCUT2D eigenvalue weighted by molar-refractivity contribution is 0.205. The molecule has 0 bridgehead atoms. The molecular formula is C20H26ClN3O2S. The lowest BCUT2D eigenvalue weighted by atomic mass is 10.1. The highest BCUT2D eigenvalue weighted by atomic mass is 35.5. The van der Waals surface area contributed by atoms with E-state index in [9.17, 15) is 8.42 Å². The van der Waals surface area contributed by atoms with Gasteiger partial charge in [0.05, 0.1) is 4.90 Å². The quantitative estimate of drug-likeness (QED) is 0.798. The summed E-state index contributed by atoms with van der Waals surface area (Å²) in [5, 5.41) is 0.518. The molecule has 1 aliphatic heterocycles. The summed E-state index contributed by atoms with van der Waals surface area (Å²) in [5.74, 6) is 0. The zero-order chi connectivity index (χ0) is 19.5. The largest absolute Gasteiger partial charge is 0.369 e. The number of nitrogens with zero attached hydrogens (tertiary/aromatic N) is 2. The summed E-state index contributed by atoms with van der Waals surface area (Å²) in [6.07, 6.45) is 0. The van der Waals surface area contributed by atoms with Crippen molar-refractivity contribution in [2.75, 3.05) is 37.6 Å². The minimum Gasteiger partial charge on any atom is -0.369 e. The maximum Gasteiger partial charge on any atom is 0.241 e. The Labute approximate surface area is 167 Å². The van der Waals surface area contributed by atoms with Crippen molar-refractivity contribution in [3.8, 4) is 0 Å². The number of benzene rings is 2. The van der Waals surface area contributed by atoms with E-state index in [0.717, 1.165) is 26.2 Å². The average molecular weight is 408 g/mol. The summed E-state index contributed by atoms with van der Waals surface area (Å²) in [6.45, 7) is 8.17. The van der Waals surface area contributed by atoms with Gasteiger partial charge in [-0.25, -0.2) is 13.1 Å². The number of hydrogen-bond donors (Lipinski definition) is 1. The summed E-state index contributed by atoms with van der Waals surface area (Å²) in [5.41, 5.74) is 0.660. The molecule has 2 aromatic carbocycles. The van der Waals surface area contributed by atoms with Crippen LogP contribution < -0.4 is 9.62 Å². The van der Waals surface area contributed by atoms with Crippen molar-refractivity contribution in [2.45, 2.75) is 24.3 Å². The van der Waals surface area contributed by atoms with Crippen LogP contribution in [0.15, 0.2) is 59.5 Å². The molecule has 2 aromatic rings. The highest BCUT2D eigenvalue weighted by molar-refractivity contribution is 7.89. The van der Waals surface area contributed by atoms with Crippen molar-refractivity contribution >= 4 is 27.3 Å². The number of sulfonamides is 1. The Bertz CT molecular complexity index is 847. The van der Waals surface area contributed by atoms with Gasteiger partial charge in [-0.3, -0.25) is 4.90 Å². The lowest BCUT2D eigenvalue weighted by Gasteiger charge is -2.39. The molecule has 0 spiro atoms. The Morgan fingerprint density at radius 2 is 1.56 bits per heavy atom. The third-order valence-corrected chi connectivity index (χ3v) is 6.61. The number of rotatable bonds is 6. The molecule has 146 valence electrons. The first-order valence-electron chi connectivity index (χ1n) is 9.07. The maximum atomic E-state index is 12.7. The molecule has 0 atom stereocenters. The van der Waals surface area contributed by atoms with Crippen LogP contribution in [0.3, 0.4) is 0 Å². The fourth-order valence-corrected chi connectivity index (χ4v) is 4.96. The van der Waals surface area contributed by atoms with Crippen LogP contribution >= 0.6 is 11.6 Å². The first-order valence-corrected chi connectivity index (χ1v) is 10.9. The molecule has 1 saturated heterocycles. The SMILES string of the molecule is CC(C)(CN1CCN(c2ccccc2)CC1)NS(=O)(=O)c1ccc(Cl)cc1. The molecule has 0 aromatic heterocycles. The van der Waals surface area contributed by atoms with Crippen molar-refractivity contribution < 1.29 is 8.42 Å². The van der Waals surface area contributed by atoms with E-state index in [2.05, 4.69) is 38.8 Å². The number of halogens is 1. The molecule has 5 nitrogen and oxygen atoms in total. The van der Waals surface area contributed by atoms with Crippen molar-refractivity contribution in [1.82, 2.24) is 9.62 Å². The monoisotopic (exact) mass is 407 g/mol. The molecule has 3 rings (SSSR count). The van der Waals surface area contributed by atoms with Crippen LogP contribution in [0.25, 0.3) is 0 Å². The normalized spacial score (nSPS) is 16.5. The van der Waals surface area contributed by atoms with Gasteiger partial charge in [-0.15, -0.1) is 0 Å². The molecule has 1 heterocycles. The van der Waals surface area contributed by atoms with Crippen LogP contribution in [-0.4, -0.2) is 51.6 Å². The van der Waals surface area contributed by atoms with Crippen LogP contribution in [0, 0.1) is 0 Å². The second kappa shape index (κ2) is 8.19. The third-order valence-electron chi connectivity index (χ3n) is 4.65. The zero-order valence-corrected chi connectivity index (χ0v) is 17.3. The van der Waals surface area contributed by atoms with Crippen LogP contribution in [-0.2, 0) is 10.0 Å².